The van der Waals surface area contributed by atoms with Gasteiger partial charge in [0.2, 0.25) is 0 Å². The Hall–Kier alpha value is -4.13. The van der Waals surface area contributed by atoms with Gasteiger partial charge in [0.15, 0.2) is 0 Å². The molecule has 0 fully saturated rings. The van der Waals surface area contributed by atoms with Gasteiger partial charge in [-0.05, 0) is 23.3 Å². The van der Waals surface area contributed by atoms with Crippen LogP contribution in [0.5, 0.6) is 0 Å². The second-order valence-corrected chi connectivity index (χ2v) is 8.84. The molecule has 176 valence electrons. The molecule has 0 saturated carbocycles. The van der Waals surface area contributed by atoms with E-state index in [2.05, 4.69) is 94.9 Å². The maximum atomic E-state index is 4.59. The summed E-state index contributed by atoms with van der Waals surface area (Å²) in [4.78, 5) is 9.18. The fourth-order valence-electron chi connectivity index (χ4n) is 5.08. The van der Waals surface area contributed by atoms with E-state index in [1.807, 2.05) is 48.8 Å². The van der Waals surface area contributed by atoms with Gasteiger partial charge in [-0.1, -0.05) is 83.9 Å². The first-order chi connectivity index (χ1) is 17.9. The summed E-state index contributed by atoms with van der Waals surface area (Å²) in [5.41, 5.74) is 12.8. The fraction of sp³-hybridized carbons (Fsp3) is 0. The summed E-state index contributed by atoms with van der Waals surface area (Å²) in [5, 5.41) is 0. The van der Waals surface area contributed by atoms with E-state index in [1.165, 1.54) is 22.3 Å². The molecular weight excluding hydrogens is 631 g/mol. The third kappa shape index (κ3) is 4.04. The van der Waals surface area contributed by atoms with E-state index >= 15 is 0 Å². The normalized spacial score (nSPS) is 11.0. The summed E-state index contributed by atoms with van der Waals surface area (Å²) >= 11 is 0. The Bertz CT molecular complexity index is 1600. The number of nitrogens with zero attached hydrogens (tertiary/aromatic N) is 2. The molecular formula is C34H20N2Pt. The number of fused-ring (bicyclic) bond motifs is 8. The van der Waals surface area contributed by atoms with Crippen molar-refractivity contribution in [2.45, 2.75) is 0 Å². The van der Waals surface area contributed by atoms with Crippen LogP contribution < -0.4 is 0 Å². The van der Waals surface area contributed by atoms with Crippen LogP contribution in [0.15, 0.2) is 122 Å². The van der Waals surface area contributed by atoms with Gasteiger partial charge in [0.1, 0.15) is 0 Å². The van der Waals surface area contributed by atoms with Crippen molar-refractivity contribution >= 4 is 0 Å². The van der Waals surface area contributed by atoms with Crippen LogP contribution in [-0.2, 0) is 21.1 Å². The van der Waals surface area contributed by atoms with Gasteiger partial charge in [-0.2, -0.15) is 23.3 Å². The van der Waals surface area contributed by atoms with Gasteiger partial charge < -0.3 is 0 Å². The monoisotopic (exact) mass is 651 g/mol. The average molecular weight is 652 g/mol. The molecule has 0 saturated heterocycles. The number of rotatable bonds is 2. The average Bonchev–Trinajstić information content (AvgIpc) is 2.97. The number of hydrogen-bond acceptors (Lipinski definition) is 2. The van der Waals surface area contributed by atoms with Crippen molar-refractivity contribution in [1.29, 1.82) is 0 Å². The summed E-state index contributed by atoms with van der Waals surface area (Å²) in [5.74, 6) is 0. The zero-order chi connectivity index (χ0) is 23.9. The third-order valence-corrected chi connectivity index (χ3v) is 6.75. The van der Waals surface area contributed by atoms with E-state index < -0.39 is 0 Å². The molecule has 1 aliphatic rings. The predicted octanol–water partition coefficient (Wildman–Crippen LogP) is 8.39. The van der Waals surface area contributed by atoms with Gasteiger partial charge in [-0.15, -0.1) is 46.5 Å². The molecule has 3 heteroatoms. The molecule has 7 rings (SSSR count). The first-order valence-corrected chi connectivity index (χ1v) is 12.0. The van der Waals surface area contributed by atoms with Crippen LogP contribution in [0.25, 0.3) is 67.0 Å². The molecule has 0 radical (unpaired) electrons. The molecule has 2 nitrogen and oxygen atoms in total. The number of hydrogen-bond donors (Lipinski definition) is 0. The Balaban J connectivity index is 0.00000252. The Morgan fingerprint density at radius 3 is 1.14 bits per heavy atom. The van der Waals surface area contributed by atoms with Crippen molar-refractivity contribution in [2.75, 3.05) is 0 Å². The van der Waals surface area contributed by atoms with Crippen molar-refractivity contribution in [3.05, 3.63) is 134 Å². The zero-order valence-corrected chi connectivity index (χ0v) is 22.0. The molecule has 0 atom stereocenters. The van der Waals surface area contributed by atoms with E-state index in [0.29, 0.717) is 0 Å². The van der Waals surface area contributed by atoms with Crippen molar-refractivity contribution in [3.8, 4) is 67.0 Å². The van der Waals surface area contributed by atoms with Crippen LogP contribution in [0.1, 0.15) is 0 Å². The van der Waals surface area contributed by atoms with E-state index in [1.54, 1.807) is 0 Å². The topological polar surface area (TPSA) is 25.8 Å². The van der Waals surface area contributed by atoms with Crippen LogP contribution in [0.2, 0.25) is 0 Å². The zero-order valence-electron chi connectivity index (χ0n) is 19.8. The first-order valence-electron chi connectivity index (χ1n) is 12.0. The van der Waals surface area contributed by atoms with Gasteiger partial charge in [0, 0.05) is 23.8 Å². The predicted molar refractivity (Wildman–Crippen MR) is 146 cm³/mol. The molecule has 0 aliphatic heterocycles. The van der Waals surface area contributed by atoms with Gasteiger partial charge in [-0.3, -0.25) is 9.97 Å². The first kappa shape index (κ1) is 23.3. The summed E-state index contributed by atoms with van der Waals surface area (Å²) in [7, 11) is 0. The maximum absolute atomic E-state index is 4.59. The standard InChI is InChI=1S/C34H20N2.Pt/c1-3-11-27-25(9-1)26-10-2-4-12-28(26)30-18-16-24(34-14-6-8-20-36-34)22-32(30)31-21-23(15-17-29(27)31)33-13-5-7-19-35-33;/h1-20H;/q-2;+2. The summed E-state index contributed by atoms with van der Waals surface area (Å²) in [6, 6.07) is 45.3. The molecule has 0 amide bonds. The minimum atomic E-state index is 0. The molecule has 1 aliphatic carbocycles. The Morgan fingerprint density at radius 2 is 0.757 bits per heavy atom. The Morgan fingerprint density at radius 1 is 0.378 bits per heavy atom. The van der Waals surface area contributed by atoms with Crippen LogP contribution in [-0.4, -0.2) is 9.97 Å². The molecule has 6 aromatic rings. The van der Waals surface area contributed by atoms with Crippen LogP contribution in [0.4, 0.5) is 0 Å². The Labute approximate surface area is 231 Å². The number of aromatic nitrogens is 2. The molecule has 0 bridgehead atoms. The van der Waals surface area contributed by atoms with E-state index in [4.69, 9.17) is 0 Å². The van der Waals surface area contributed by atoms with Crippen molar-refractivity contribution in [3.63, 3.8) is 0 Å². The molecule has 2 heterocycles. The SMILES string of the molecule is [Pt+2].[c-]1c(-c2ccccn2)ccc2c1-c1[c-]c(-c3ccccn3)ccc1-c1ccccc1-c1ccccc1-2. The number of benzene rings is 4. The molecule has 2 aromatic heterocycles. The van der Waals surface area contributed by atoms with Gasteiger partial charge in [0.05, 0.1) is 0 Å². The smallest absolute Gasteiger partial charge is 0.295 e. The number of pyridine rings is 2. The van der Waals surface area contributed by atoms with E-state index in [-0.39, 0.29) is 21.1 Å². The van der Waals surface area contributed by atoms with E-state index in [9.17, 15) is 0 Å². The van der Waals surface area contributed by atoms with E-state index in [0.717, 1.165) is 44.8 Å². The summed E-state index contributed by atoms with van der Waals surface area (Å²) in [6.45, 7) is 0. The third-order valence-electron chi connectivity index (χ3n) is 6.75. The fourth-order valence-corrected chi connectivity index (χ4v) is 5.08. The van der Waals surface area contributed by atoms with Gasteiger partial charge >= 0.3 is 21.1 Å². The van der Waals surface area contributed by atoms with Crippen molar-refractivity contribution in [1.82, 2.24) is 9.97 Å². The van der Waals surface area contributed by atoms with Gasteiger partial charge in [-0.25, -0.2) is 0 Å². The molecule has 0 spiro atoms. The maximum Gasteiger partial charge on any atom is 2.00 e. The largest absolute Gasteiger partial charge is 2.00 e. The molecule has 0 N–H and O–H groups in total. The van der Waals surface area contributed by atoms with Gasteiger partial charge in [0.25, 0.3) is 0 Å². The van der Waals surface area contributed by atoms with Crippen LogP contribution in [0, 0.1) is 12.1 Å². The van der Waals surface area contributed by atoms with Crippen molar-refractivity contribution in [2.24, 2.45) is 0 Å². The summed E-state index contributed by atoms with van der Waals surface area (Å²) < 4.78 is 0. The Kier molecular flexibility index (Phi) is 6.12. The van der Waals surface area contributed by atoms with Crippen LogP contribution >= 0.6 is 0 Å². The minimum absolute atomic E-state index is 0. The van der Waals surface area contributed by atoms with Crippen LogP contribution in [0.3, 0.4) is 0 Å². The second kappa shape index (κ2) is 9.73. The molecule has 0 unspecified atom stereocenters. The van der Waals surface area contributed by atoms with Crippen molar-refractivity contribution < 1.29 is 21.1 Å². The molecule has 37 heavy (non-hydrogen) atoms. The molecule has 4 aromatic carbocycles. The minimum Gasteiger partial charge on any atom is -0.295 e. The second-order valence-electron chi connectivity index (χ2n) is 8.84. The summed E-state index contributed by atoms with van der Waals surface area (Å²) in [6.07, 6.45) is 3.65. The quantitative estimate of drug-likeness (QED) is 0.176.